The highest BCUT2D eigenvalue weighted by Gasteiger charge is 2.19. The van der Waals surface area contributed by atoms with Crippen LogP contribution in [0.15, 0.2) is 29.4 Å². The summed E-state index contributed by atoms with van der Waals surface area (Å²) >= 11 is 0. The van der Waals surface area contributed by atoms with Crippen LogP contribution in [0.5, 0.6) is 11.5 Å². The van der Waals surface area contributed by atoms with Gasteiger partial charge in [-0.05, 0) is 25.1 Å². The van der Waals surface area contributed by atoms with Crippen molar-refractivity contribution >= 4 is 12.1 Å². The largest absolute Gasteiger partial charge is 0.504 e. The smallest absolute Gasteiger partial charge is 0.291 e. The number of hydrazone groups is 1. The van der Waals surface area contributed by atoms with Crippen molar-refractivity contribution in [3.63, 3.8) is 0 Å². The zero-order valence-electron chi connectivity index (χ0n) is 14.3. The van der Waals surface area contributed by atoms with E-state index in [0.29, 0.717) is 17.9 Å². The molecule has 7 heteroatoms. The average molecular weight is 330 g/mol. The second-order valence-corrected chi connectivity index (χ2v) is 6.24. The van der Waals surface area contributed by atoms with Gasteiger partial charge in [0.2, 0.25) is 0 Å². The van der Waals surface area contributed by atoms with Crippen LogP contribution in [0.1, 0.15) is 49.4 Å². The third-order valence-corrected chi connectivity index (χ3v) is 3.32. The SMILES string of the molecule is CCOc1cccc(/C=N/NC(=O)c2cc(C(C)(C)C)[nH]n2)c1O. The molecule has 2 rings (SSSR count). The molecule has 3 N–H and O–H groups in total. The van der Waals surface area contributed by atoms with Crippen LogP contribution in [0.2, 0.25) is 0 Å². The van der Waals surface area contributed by atoms with Crippen LogP contribution in [0.25, 0.3) is 0 Å². The molecule has 0 radical (unpaired) electrons. The van der Waals surface area contributed by atoms with E-state index in [0.717, 1.165) is 5.69 Å². The lowest BCUT2D eigenvalue weighted by Crippen LogP contribution is -2.18. The van der Waals surface area contributed by atoms with Crippen LogP contribution in [0.4, 0.5) is 0 Å². The highest BCUT2D eigenvalue weighted by Crippen LogP contribution is 2.28. The Kier molecular flexibility index (Phi) is 5.23. The number of aromatic hydroxyl groups is 1. The van der Waals surface area contributed by atoms with E-state index in [4.69, 9.17) is 4.74 Å². The molecular formula is C17H22N4O3. The summed E-state index contributed by atoms with van der Waals surface area (Å²) in [4.78, 5) is 12.0. The van der Waals surface area contributed by atoms with Crippen molar-refractivity contribution in [1.82, 2.24) is 15.6 Å². The molecule has 0 unspecified atom stereocenters. The molecule has 0 fully saturated rings. The van der Waals surface area contributed by atoms with E-state index >= 15 is 0 Å². The molecule has 0 saturated carbocycles. The van der Waals surface area contributed by atoms with Crippen molar-refractivity contribution in [1.29, 1.82) is 0 Å². The third-order valence-electron chi connectivity index (χ3n) is 3.32. The zero-order valence-corrected chi connectivity index (χ0v) is 14.3. The highest BCUT2D eigenvalue weighted by atomic mass is 16.5. The average Bonchev–Trinajstić information content (AvgIpc) is 3.01. The van der Waals surface area contributed by atoms with Gasteiger partial charge in [-0.2, -0.15) is 10.2 Å². The summed E-state index contributed by atoms with van der Waals surface area (Å²) in [5, 5.41) is 20.7. The van der Waals surface area contributed by atoms with Gasteiger partial charge in [-0.25, -0.2) is 5.43 Å². The van der Waals surface area contributed by atoms with E-state index in [2.05, 4.69) is 20.7 Å². The lowest BCUT2D eigenvalue weighted by molar-refractivity contribution is 0.0950. The lowest BCUT2D eigenvalue weighted by Gasteiger charge is -2.14. The van der Waals surface area contributed by atoms with E-state index in [1.165, 1.54) is 6.21 Å². The van der Waals surface area contributed by atoms with Crippen molar-refractivity contribution in [3.8, 4) is 11.5 Å². The maximum Gasteiger partial charge on any atom is 0.291 e. The van der Waals surface area contributed by atoms with Crippen molar-refractivity contribution in [3.05, 3.63) is 41.2 Å². The van der Waals surface area contributed by atoms with Crippen LogP contribution in [-0.4, -0.2) is 34.0 Å². The summed E-state index contributed by atoms with van der Waals surface area (Å²) in [5.41, 5.74) is 3.82. The first-order valence-electron chi connectivity index (χ1n) is 7.67. The molecule has 0 aliphatic heterocycles. The number of phenols is 1. The van der Waals surface area contributed by atoms with Gasteiger partial charge in [-0.3, -0.25) is 9.89 Å². The predicted molar refractivity (Wildman–Crippen MR) is 91.6 cm³/mol. The maximum absolute atomic E-state index is 12.0. The van der Waals surface area contributed by atoms with Gasteiger partial charge in [0.25, 0.3) is 5.91 Å². The van der Waals surface area contributed by atoms with Crippen LogP contribution >= 0.6 is 0 Å². The molecule has 0 aliphatic rings. The minimum Gasteiger partial charge on any atom is -0.504 e. The molecule has 0 atom stereocenters. The topological polar surface area (TPSA) is 99.6 Å². The van der Waals surface area contributed by atoms with Crippen LogP contribution in [0, 0.1) is 0 Å². The summed E-state index contributed by atoms with van der Waals surface area (Å²) in [7, 11) is 0. The number of para-hydroxylation sites is 1. The molecular weight excluding hydrogens is 308 g/mol. The Morgan fingerprint density at radius 1 is 1.46 bits per heavy atom. The number of nitrogens with one attached hydrogen (secondary N) is 2. The molecule has 0 aliphatic carbocycles. The molecule has 1 amide bonds. The number of phenolic OH excluding ortho intramolecular Hbond substituents is 1. The Hall–Kier alpha value is -2.83. The van der Waals surface area contributed by atoms with Gasteiger partial charge in [-0.15, -0.1) is 0 Å². The molecule has 0 bridgehead atoms. The van der Waals surface area contributed by atoms with E-state index in [-0.39, 0.29) is 16.9 Å². The van der Waals surface area contributed by atoms with Gasteiger partial charge >= 0.3 is 0 Å². The van der Waals surface area contributed by atoms with Crippen LogP contribution in [-0.2, 0) is 5.41 Å². The number of hydrogen-bond acceptors (Lipinski definition) is 5. The quantitative estimate of drug-likeness (QED) is 0.579. The number of aromatic amines is 1. The fourth-order valence-electron chi connectivity index (χ4n) is 1.96. The number of carbonyl (C=O) groups is 1. The molecule has 128 valence electrons. The summed E-state index contributed by atoms with van der Waals surface area (Å²) in [6, 6.07) is 6.75. The first kappa shape index (κ1) is 17.5. The molecule has 1 heterocycles. The van der Waals surface area contributed by atoms with E-state index < -0.39 is 5.91 Å². The second-order valence-electron chi connectivity index (χ2n) is 6.24. The Morgan fingerprint density at radius 3 is 2.83 bits per heavy atom. The van der Waals surface area contributed by atoms with Crippen LogP contribution < -0.4 is 10.2 Å². The molecule has 0 spiro atoms. The molecule has 2 aromatic rings. The number of carbonyl (C=O) groups excluding carboxylic acids is 1. The van der Waals surface area contributed by atoms with E-state index in [1.54, 1.807) is 24.3 Å². The zero-order chi connectivity index (χ0) is 17.7. The van der Waals surface area contributed by atoms with Gasteiger partial charge in [0.15, 0.2) is 17.2 Å². The van der Waals surface area contributed by atoms with Gasteiger partial charge in [0.05, 0.1) is 12.8 Å². The molecule has 7 nitrogen and oxygen atoms in total. The summed E-state index contributed by atoms with van der Waals surface area (Å²) < 4.78 is 5.30. The van der Waals surface area contributed by atoms with Gasteiger partial charge < -0.3 is 9.84 Å². The van der Waals surface area contributed by atoms with Gasteiger partial charge in [0, 0.05) is 16.7 Å². The van der Waals surface area contributed by atoms with Crippen LogP contribution in [0.3, 0.4) is 0 Å². The van der Waals surface area contributed by atoms with E-state index in [9.17, 15) is 9.90 Å². The molecule has 0 saturated heterocycles. The van der Waals surface area contributed by atoms with Crippen molar-refractivity contribution in [2.45, 2.75) is 33.1 Å². The standard InChI is InChI=1S/C17H22N4O3/c1-5-24-13-8-6-7-11(15(13)22)10-18-21-16(23)12-9-14(20-19-12)17(2,3)4/h6-10,22H,5H2,1-4H3,(H,19,20)(H,21,23)/b18-10+. The number of amides is 1. The number of rotatable bonds is 5. The number of H-pyrrole nitrogens is 1. The second kappa shape index (κ2) is 7.16. The Labute approximate surface area is 140 Å². The number of nitrogens with zero attached hydrogens (tertiary/aromatic N) is 2. The van der Waals surface area contributed by atoms with E-state index in [1.807, 2.05) is 27.7 Å². The Morgan fingerprint density at radius 2 is 2.21 bits per heavy atom. The minimum absolute atomic E-state index is 0.0212. The first-order valence-corrected chi connectivity index (χ1v) is 7.67. The number of ether oxygens (including phenoxy) is 1. The normalized spacial score (nSPS) is 11.7. The fourth-order valence-corrected chi connectivity index (χ4v) is 1.96. The highest BCUT2D eigenvalue weighted by molar-refractivity contribution is 5.93. The van der Waals surface area contributed by atoms with Crippen molar-refractivity contribution in [2.24, 2.45) is 5.10 Å². The summed E-state index contributed by atoms with van der Waals surface area (Å²) in [6.07, 6.45) is 1.35. The summed E-state index contributed by atoms with van der Waals surface area (Å²) in [6.45, 7) is 8.34. The molecule has 24 heavy (non-hydrogen) atoms. The van der Waals surface area contributed by atoms with Crippen molar-refractivity contribution < 1.29 is 14.6 Å². The Balaban J connectivity index is 2.05. The Bertz CT molecular complexity index is 745. The number of aromatic nitrogens is 2. The maximum atomic E-state index is 12.0. The number of hydrogen-bond donors (Lipinski definition) is 3. The monoisotopic (exact) mass is 330 g/mol. The fraction of sp³-hybridized carbons (Fsp3) is 0.353. The molecule has 1 aromatic carbocycles. The summed E-state index contributed by atoms with van der Waals surface area (Å²) in [5.74, 6) is -0.0829. The van der Waals surface area contributed by atoms with Crippen molar-refractivity contribution in [2.75, 3.05) is 6.61 Å². The predicted octanol–water partition coefficient (Wildman–Crippen LogP) is 2.58. The lowest BCUT2D eigenvalue weighted by atomic mass is 9.92. The third kappa shape index (κ3) is 4.13. The number of benzene rings is 1. The van der Waals surface area contributed by atoms with Gasteiger partial charge in [0.1, 0.15) is 0 Å². The molecule has 1 aromatic heterocycles. The first-order chi connectivity index (χ1) is 11.3. The van der Waals surface area contributed by atoms with Gasteiger partial charge in [-0.1, -0.05) is 26.8 Å². The minimum atomic E-state index is -0.432.